The Hall–Kier alpha value is -2.44. The normalized spacial score (nSPS) is 13.4. The number of hydrogen-bond donors (Lipinski definition) is 0. The van der Waals surface area contributed by atoms with Crippen molar-refractivity contribution in [2.75, 3.05) is 13.7 Å². The first-order valence-corrected chi connectivity index (χ1v) is 9.67. The van der Waals surface area contributed by atoms with Crippen LogP contribution in [0.25, 0.3) is 10.9 Å². The number of nitrogens with zero attached hydrogens (tertiary/aromatic N) is 2. The topological polar surface area (TPSA) is 61.2 Å². The second-order valence-corrected chi connectivity index (χ2v) is 7.69. The van der Waals surface area contributed by atoms with Crippen molar-refractivity contribution in [1.82, 2.24) is 9.55 Å². The molecular formula is C21H22N2O3S. The molecule has 27 heavy (non-hydrogen) atoms. The Morgan fingerprint density at radius 3 is 2.48 bits per heavy atom. The van der Waals surface area contributed by atoms with Crippen molar-refractivity contribution in [1.29, 1.82) is 0 Å². The van der Waals surface area contributed by atoms with Crippen LogP contribution in [0.5, 0.6) is 0 Å². The number of Topliss-reactive ketones (excluding diaryl/α,β-unsaturated/α-hetero) is 1. The third-order valence-corrected chi connectivity index (χ3v) is 5.40. The zero-order valence-corrected chi connectivity index (χ0v) is 16.4. The Bertz CT molecular complexity index is 1000. The SMILES string of the molecule is COC[C@@H](C)n1c(S[C@@H](C)C(=O)c2ccccc2)nc2ccccc2c1=O. The summed E-state index contributed by atoms with van der Waals surface area (Å²) in [6, 6.07) is 16.2. The summed E-state index contributed by atoms with van der Waals surface area (Å²) >= 11 is 1.30. The lowest BCUT2D eigenvalue weighted by atomic mass is 10.1. The van der Waals surface area contributed by atoms with Gasteiger partial charge in [-0.3, -0.25) is 14.2 Å². The minimum atomic E-state index is -0.374. The third kappa shape index (κ3) is 4.12. The van der Waals surface area contributed by atoms with Crippen molar-refractivity contribution in [3.05, 3.63) is 70.5 Å². The van der Waals surface area contributed by atoms with Gasteiger partial charge in [-0.1, -0.05) is 54.2 Å². The Labute approximate surface area is 162 Å². The molecule has 0 spiro atoms. The third-order valence-electron chi connectivity index (χ3n) is 4.33. The molecule has 0 bridgehead atoms. The average molecular weight is 382 g/mol. The molecule has 0 N–H and O–H groups in total. The zero-order valence-electron chi connectivity index (χ0n) is 15.6. The minimum absolute atomic E-state index is 0.00829. The summed E-state index contributed by atoms with van der Waals surface area (Å²) in [6.07, 6.45) is 0. The van der Waals surface area contributed by atoms with Gasteiger partial charge in [0.2, 0.25) is 0 Å². The highest BCUT2D eigenvalue weighted by Crippen LogP contribution is 2.27. The summed E-state index contributed by atoms with van der Waals surface area (Å²) in [5.74, 6) is 0.00829. The highest BCUT2D eigenvalue weighted by molar-refractivity contribution is 8.00. The lowest BCUT2D eigenvalue weighted by Crippen LogP contribution is -2.29. The van der Waals surface area contributed by atoms with Gasteiger partial charge in [0, 0.05) is 12.7 Å². The van der Waals surface area contributed by atoms with E-state index >= 15 is 0 Å². The largest absolute Gasteiger partial charge is 0.383 e. The van der Waals surface area contributed by atoms with Crippen LogP contribution in [0.3, 0.4) is 0 Å². The first-order valence-electron chi connectivity index (χ1n) is 8.79. The van der Waals surface area contributed by atoms with Crippen LogP contribution in [-0.4, -0.2) is 34.3 Å². The summed E-state index contributed by atoms with van der Waals surface area (Å²) in [5.41, 5.74) is 1.16. The van der Waals surface area contributed by atoms with E-state index in [2.05, 4.69) is 4.98 Å². The molecule has 3 rings (SSSR count). The van der Waals surface area contributed by atoms with Crippen molar-refractivity contribution in [3.63, 3.8) is 0 Å². The van der Waals surface area contributed by atoms with Gasteiger partial charge in [0.15, 0.2) is 10.9 Å². The number of methoxy groups -OCH3 is 1. The molecule has 2 aromatic carbocycles. The predicted molar refractivity (Wildman–Crippen MR) is 109 cm³/mol. The molecule has 3 aromatic rings. The highest BCUT2D eigenvalue weighted by atomic mass is 32.2. The second kappa shape index (κ2) is 8.50. The van der Waals surface area contributed by atoms with E-state index in [1.54, 1.807) is 29.9 Å². The van der Waals surface area contributed by atoms with Crippen molar-refractivity contribution in [2.24, 2.45) is 0 Å². The van der Waals surface area contributed by atoms with E-state index in [4.69, 9.17) is 4.74 Å². The van der Waals surface area contributed by atoms with Gasteiger partial charge in [-0.05, 0) is 26.0 Å². The smallest absolute Gasteiger partial charge is 0.262 e. The average Bonchev–Trinajstić information content (AvgIpc) is 2.68. The molecule has 6 heteroatoms. The fourth-order valence-electron chi connectivity index (χ4n) is 2.96. The van der Waals surface area contributed by atoms with E-state index in [0.717, 1.165) is 0 Å². The number of aromatic nitrogens is 2. The van der Waals surface area contributed by atoms with E-state index in [-0.39, 0.29) is 22.6 Å². The monoisotopic (exact) mass is 382 g/mol. The fourth-order valence-corrected chi connectivity index (χ4v) is 4.05. The molecule has 0 unspecified atom stereocenters. The maximum Gasteiger partial charge on any atom is 0.262 e. The molecule has 0 aliphatic heterocycles. The molecule has 1 heterocycles. The fraction of sp³-hybridized carbons (Fsp3) is 0.286. The van der Waals surface area contributed by atoms with Crippen molar-refractivity contribution in [2.45, 2.75) is 30.3 Å². The van der Waals surface area contributed by atoms with E-state index in [0.29, 0.717) is 28.2 Å². The van der Waals surface area contributed by atoms with Crippen LogP contribution < -0.4 is 5.56 Å². The number of carbonyl (C=O) groups excluding carboxylic acids is 1. The zero-order chi connectivity index (χ0) is 19.4. The number of ether oxygens (including phenoxy) is 1. The van der Waals surface area contributed by atoms with Gasteiger partial charge in [-0.25, -0.2) is 4.98 Å². The van der Waals surface area contributed by atoms with Crippen LogP contribution in [0.15, 0.2) is 64.5 Å². The first kappa shape index (κ1) is 19.3. The van der Waals surface area contributed by atoms with Gasteiger partial charge in [0.05, 0.1) is 28.8 Å². The molecule has 0 aliphatic rings. The van der Waals surface area contributed by atoms with E-state index < -0.39 is 0 Å². The van der Waals surface area contributed by atoms with Crippen molar-refractivity contribution >= 4 is 28.4 Å². The summed E-state index contributed by atoms with van der Waals surface area (Å²) in [7, 11) is 1.60. The summed E-state index contributed by atoms with van der Waals surface area (Å²) < 4.78 is 6.87. The quantitative estimate of drug-likeness (QED) is 0.352. The molecule has 140 valence electrons. The van der Waals surface area contributed by atoms with Gasteiger partial charge >= 0.3 is 0 Å². The minimum Gasteiger partial charge on any atom is -0.383 e. The molecule has 5 nitrogen and oxygen atoms in total. The standard InChI is InChI=1S/C21H22N2O3S/c1-14(13-26-3)23-20(25)17-11-7-8-12-18(17)22-21(23)27-15(2)19(24)16-9-5-4-6-10-16/h4-12,14-15H,13H2,1-3H3/t14-,15+/m1/s1. The number of thioether (sulfide) groups is 1. The number of benzene rings is 2. The van der Waals surface area contributed by atoms with E-state index in [9.17, 15) is 9.59 Å². The predicted octanol–water partition coefficient (Wildman–Crippen LogP) is 3.97. The Morgan fingerprint density at radius 1 is 1.11 bits per heavy atom. The number of ketones is 1. The number of para-hydroxylation sites is 1. The molecule has 1 aromatic heterocycles. The Kier molecular flexibility index (Phi) is 6.08. The van der Waals surface area contributed by atoms with Crippen LogP contribution in [0, 0.1) is 0 Å². The van der Waals surface area contributed by atoms with Crippen LogP contribution in [-0.2, 0) is 4.74 Å². The van der Waals surface area contributed by atoms with Crippen LogP contribution >= 0.6 is 11.8 Å². The molecule has 0 amide bonds. The van der Waals surface area contributed by atoms with Gasteiger partial charge in [-0.2, -0.15) is 0 Å². The highest BCUT2D eigenvalue weighted by Gasteiger charge is 2.22. The molecule has 0 saturated heterocycles. The number of carbonyl (C=O) groups is 1. The van der Waals surface area contributed by atoms with E-state index in [1.165, 1.54) is 11.8 Å². The van der Waals surface area contributed by atoms with Gasteiger partial charge in [0.1, 0.15) is 0 Å². The number of hydrogen-bond acceptors (Lipinski definition) is 5. The lowest BCUT2D eigenvalue weighted by Gasteiger charge is -2.20. The van der Waals surface area contributed by atoms with Gasteiger partial charge < -0.3 is 4.74 Å². The van der Waals surface area contributed by atoms with Gasteiger partial charge in [0.25, 0.3) is 5.56 Å². The molecule has 0 saturated carbocycles. The van der Waals surface area contributed by atoms with Crippen LogP contribution in [0.2, 0.25) is 0 Å². The molecule has 0 aliphatic carbocycles. The summed E-state index contributed by atoms with van der Waals surface area (Å²) in [6.45, 7) is 4.14. The van der Waals surface area contributed by atoms with Crippen molar-refractivity contribution < 1.29 is 9.53 Å². The van der Waals surface area contributed by atoms with Gasteiger partial charge in [-0.15, -0.1) is 0 Å². The van der Waals surface area contributed by atoms with Crippen molar-refractivity contribution in [3.8, 4) is 0 Å². The maximum absolute atomic E-state index is 13.1. The number of fused-ring (bicyclic) bond motifs is 1. The maximum atomic E-state index is 13.1. The molecule has 0 radical (unpaired) electrons. The first-order chi connectivity index (χ1) is 13.0. The Balaban J connectivity index is 2.03. The summed E-state index contributed by atoms with van der Waals surface area (Å²) in [4.78, 5) is 30.5. The van der Waals surface area contributed by atoms with E-state index in [1.807, 2.05) is 50.2 Å². The molecular weight excluding hydrogens is 360 g/mol. The number of rotatable bonds is 7. The Morgan fingerprint density at radius 2 is 1.78 bits per heavy atom. The second-order valence-electron chi connectivity index (χ2n) is 6.38. The molecule has 2 atom stereocenters. The molecule has 0 fully saturated rings. The summed E-state index contributed by atoms with van der Waals surface area (Å²) in [5, 5.41) is 0.716. The lowest BCUT2D eigenvalue weighted by molar-refractivity contribution is 0.0993. The van der Waals surface area contributed by atoms with Crippen LogP contribution in [0.4, 0.5) is 0 Å². The van der Waals surface area contributed by atoms with Crippen LogP contribution in [0.1, 0.15) is 30.2 Å².